The first-order valence-corrected chi connectivity index (χ1v) is 5.38. The van der Waals surface area contributed by atoms with Gasteiger partial charge < -0.3 is 15.4 Å². The lowest BCUT2D eigenvalue weighted by Gasteiger charge is -2.20. The van der Waals surface area contributed by atoms with Crippen molar-refractivity contribution in [3.63, 3.8) is 0 Å². The maximum Gasteiger partial charge on any atom is 0.224 e. The Morgan fingerprint density at radius 1 is 1.50 bits per heavy atom. The summed E-state index contributed by atoms with van der Waals surface area (Å²) in [6, 6.07) is 7.62. The predicted octanol–water partition coefficient (Wildman–Crippen LogP) is 1.19. The second-order valence-corrected chi connectivity index (χ2v) is 4.05. The molecule has 1 heterocycles. The second-order valence-electron chi connectivity index (χ2n) is 4.05. The van der Waals surface area contributed by atoms with E-state index in [9.17, 15) is 4.79 Å². The van der Waals surface area contributed by atoms with Crippen LogP contribution >= 0.6 is 0 Å². The zero-order chi connectivity index (χ0) is 11.5. The number of nitrogens with two attached hydrogens (primary N) is 1. The Hall–Kier alpha value is -1.55. The molecule has 0 saturated carbocycles. The molecular formula is C12H16N2O2. The summed E-state index contributed by atoms with van der Waals surface area (Å²) in [5.74, 6) is 0.131. The van der Waals surface area contributed by atoms with Gasteiger partial charge in [-0.15, -0.1) is 0 Å². The number of amides is 1. The SMILES string of the molecule is CN1CC(c2cccc(N)c2)OCCC1=O. The van der Waals surface area contributed by atoms with Crippen LogP contribution in [0.25, 0.3) is 0 Å². The third kappa shape index (κ3) is 2.33. The molecule has 1 fully saturated rings. The van der Waals surface area contributed by atoms with Gasteiger partial charge in [0.15, 0.2) is 0 Å². The first-order chi connectivity index (χ1) is 7.66. The van der Waals surface area contributed by atoms with Gasteiger partial charge in [-0.3, -0.25) is 4.79 Å². The van der Waals surface area contributed by atoms with Crippen LogP contribution in [-0.4, -0.2) is 31.0 Å². The molecule has 0 aliphatic carbocycles. The normalized spacial score (nSPS) is 21.9. The summed E-state index contributed by atoms with van der Waals surface area (Å²) in [7, 11) is 1.80. The van der Waals surface area contributed by atoms with E-state index in [-0.39, 0.29) is 12.0 Å². The molecule has 16 heavy (non-hydrogen) atoms. The van der Waals surface area contributed by atoms with E-state index < -0.39 is 0 Å². The Bertz CT molecular complexity index is 392. The summed E-state index contributed by atoms with van der Waals surface area (Å²) >= 11 is 0. The number of benzene rings is 1. The van der Waals surface area contributed by atoms with Gasteiger partial charge in [0.05, 0.1) is 19.6 Å². The molecule has 1 saturated heterocycles. The lowest BCUT2D eigenvalue weighted by Crippen LogP contribution is -2.28. The number of ether oxygens (including phenoxy) is 1. The Morgan fingerprint density at radius 2 is 2.31 bits per heavy atom. The highest BCUT2D eigenvalue weighted by molar-refractivity contribution is 5.76. The predicted molar refractivity (Wildman–Crippen MR) is 61.8 cm³/mol. The molecule has 1 aliphatic heterocycles. The van der Waals surface area contributed by atoms with Gasteiger partial charge in [-0.25, -0.2) is 0 Å². The largest absolute Gasteiger partial charge is 0.399 e. The molecule has 2 N–H and O–H groups in total. The highest BCUT2D eigenvalue weighted by Gasteiger charge is 2.22. The van der Waals surface area contributed by atoms with Crippen LogP contribution in [0, 0.1) is 0 Å². The van der Waals surface area contributed by atoms with Crippen molar-refractivity contribution in [2.24, 2.45) is 0 Å². The molecule has 0 aromatic heterocycles. The van der Waals surface area contributed by atoms with Gasteiger partial charge in [0, 0.05) is 12.7 Å². The molecule has 1 atom stereocenters. The third-order valence-electron chi connectivity index (χ3n) is 2.78. The van der Waals surface area contributed by atoms with E-state index >= 15 is 0 Å². The Balaban J connectivity index is 2.17. The summed E-state index contributed by atoms with van der Waals surface area (Å²) in [5, 5.41) is 0. The minimum absolute atomic E-state index is 0.0695. The highest BCUT2D eigenvalue weighted by atomic mass is 16.5. The fourth-order valence-electron chi connectivity index (χ4n) is 1.84. The average Bonchev–Trinajstić information content (AvgIpc) is 2.42. The van der Waals surface area contributed by atoms with Crippen molar-refractivity contribution < 1.29 is 9.53 Å². The van der Waals surface area contributed by atoms with E-state index in [1.54, 1.807) is 11.9 Å². The van der Waals surface area contributed by atoms with Crippen LogP contribution in [0.15, 0.2) is 24.3 Å². The van der Waals surface area contributed by atoms with Gasteiger partial charge in [-0.05, 0) is 17.7 Å². The zero-order valence-electron chi connectivity index (χ0n) is 9.35. The zero-order valence-corrected chi connectivity index (χ0v) is 9.35. The first kappa shape index (κ1) is 11.0. The lowest BCUT2D eigenvalue weighted by atomic mass is 10.1. The maximum absolute atomic E-state index is 11.5. The fourth-order valence-corrected chi connectivity index (χ4v) is 1.84. The van der Waals surface area contributed by atoms with Crippen molar-refractivity contribution in [1.82, 2.24) is 4.90 Å². The highest BCUT2D eigenvalue weighted by Crippen LogP contribution is 2.23. The van der Waals surface area contributed by atoms with Gasteiger partial charge in [0.1, 0.15) is 6.10 Å². The summed E-state index contributed by atoms with van der Waals surface area (Å²) in [6.07, 6.45) is 0.384. The number of hydrogen-bond donors (Lipinski definition) is 1. The van der Waals surface area contributed by atoms with Crippen molar-refractivity contribution in [2.75, 3.05) is 25.9 Å². The van der Waals surface area contributed by atoms with Crippen LogP contribution in [0.4, 0.5) is 5.69 Å². The van der Waals surface area contributed by atoms with E-state index in [1.807, 2.05) is 24.3 Å². The van der Waals surface area contributed by atoms with Crippen LogP contribution in [0.1, 0.15) is 18.1 Å². The van der Waals surface area contributed by atoms with Crippen molar-refractivity contribution in [2.45, 2.75) is 12.5 Å². The summed E-state index contributed by atoms with van der Waals surface area (Å²) in [4.78, 5) is 13.2. The van der Waals surface area contributed by atoms with Crippen molar-refractivity contribution in [3.8, 4) is 0 Å². The molecule has 1 aromatic carbocycles. The van der Waals surface area contributed by atoms with Crippen LogP contribution in [0.3, 0.4) is 0 Å². The third-order valence-corrected chi connectivity index (χ3v) is 2.78. The van der Waals surface area contributed by atoms with Crippen molar-refractivity contribution in [1.29, 1.82) is 0 Å². The van der Waals surface area contributed by atoms with E-state index in [4.69, 9.17) is 10.5 Å². The molecule has 0 radical (unpaired) electrons. The van der Waals surface area contributed by atoms with Gasteiger partial charge >= 0.3 is 0 Å². The van der Waals surface area contributed by atoms with Crippen LogP contribution in [0.5, 0.6) is 0 Å². The summed E-state index contributed by atoms with van der Waals surface area (Å²) in [6.45, 7) is 1.06. The quantitative estimate of drug-likeness (QED) is 0.723. The first-order valence-electron chi connectivity index (χ1n) is 5.38. The molecule has 86 valence electrons. The molecule has 0 spiro atoms. The van der Waals surface area contributed by atoms with Gasteiger partial charge in [0.25, 0.3) is 0 Å². The van der Waals surface area contributed by atoms with Crippen molar-refractivity contribution >= 4 is 11.6 Å². The smallest absolute Gasteiger partial charge is 0.224 e. The Labute approximate surface area is 95.0 Å². The average molecular weight is 220 g/mol. The monoisotopic (exact) mass is 220 g/mol. The lowest BCUT2D eigenvalue weighted by molar-refractivity contribution is -0.129. The van der Waals surface area contributed by atoms with E-state index in [1.165, 1.54) is 0 Å². The van der Waals surface area contributed by atoms with E-state index in [2.05, 4.69) is 0 Å². The molecular weight excluding hydrogens is 204 g/mol. The topological polar surface area (TPSA) is 55.6 Å². The number of rotatable bonds is 1. The molecule has 0 bridgehead atoms. The standard InChI is InChI=1S/C12H16N2O2/c1-14-8-11(16-6-5-12(14)15)9-3-2-4-10(13)7-9/h2-4,7,11H,5-6,8,13H2,1H3. The number of likely N-dealkylation sites (N-methyl/N-ethyl adjacent to an activating group) is 1. The van der Waals surface area contributed by atoms with E-state index in [0.717, 1.165) is 11.3 Å². The molecule has 1 aliphatic rings. The number of nitrogen functional groups attached to an aromatic ring is 1. The number of anilines is 1. The Morgan fingerprint density at radius 3 is 3.06 bits per heavy atom. The fraction of sp³-hybridized carbons (Fsp3) is 0.417. The van der Waals surface area contributed by atoms with E-state index in [0.29, 0.717) is 19.6 Å². The maximum atomic E-state index is 11.5. The Kier molecular flexibility index (Phi) is 3.10. The van der Waals surface area contributed by atoms with Gasteiger partial charge in [0.2, 0.25) is 5.91 Å². The molecule has 4 heteroatoms. The molecule has 4 nitrogen and oxygen atoms in total. The molecule has 1 amide bonds. The number of carbonyl (C=O) groups is 1. The number of hydrogen-bond acceptors (Lipinski definition) is 3. The number of nitrogens with zero attached hydrogens (tertiary/aromatic N) is 1. The molecule has 1 aromatic rings. The van der Waals surface area contributed by atoms with Gasteiger partial charge in [-0.2, -0.15) is 0 Å². The molecule has 2 rings (SSSR count). The second kappa shape index (κ2) is 4.53. The van der Waals surface area contributed by atoms with Crippen LogP contribution in [-0.2, 0) is 9.53 Å². The summed E-state index contributed by atoms with van der Waals surface area (Å²) in [5.41, 5.74) is 7.48. The van der Waals surface area contributed by atoms with Crippen molar-refractivity contribution in [3.05, 3.63) is 29.8 Å². The minimum atomic E-state index is -0.0695. The molecule has 1 unspecified atom stereocenters. The van der Waals surface area contributed by atoms with Crippen LogP contribution < -0.4 is 5.73 Å². The minimum Gasteiger partial charge on any atom is -0.399 e. The number of carbonyl (C=O) groups excluding carboxylic acids is 1. The summed E-state index contributed by atoms with van der Waals surface area (Å²) < 4.78 is 5.67. The van der Waals surface area contributed by atoms with Gasteiger partial charge in [-0.1, -0.05) is 12.1 Å². The van der Waals surface area contributed by atoms with Crippen LogP contribution in [0.2, 0.25) is 0 Å².